The highest BCUT2D eigenvalue weighted by Crippen LogP contribution is 2.27. The highest BCUT2D eigenvalue weighted by molar-refractivity contribution is 7.99. The van der Waals surface area contributed by atoms with Gasteiger partial charge >= 0.3 is 0 Å². The Kier molecular flexibility index (Phi) is 10.5. The summed E-state index contributed by atoms with van der Waals surface area (Å²) in [5, 5.41) is 0. The van der Waals surface area contributed by atoms with Gasteiger partial charge in [-0.25, -0.2) is 0 Å². The summed E-state index contributed by atoms with van der Waals surface area (Å²) in [7, 11) is 0. The lowest BCUT2D eigenvalue weighted by atomic mass is 10.1. The van der Waals surface area contributed by atoms with Gasteiger partial charge in [0, 0.05) is 10.6 Å². The van der Waals surface area contributed by atoms with Crippen molar-refractivity contribution in [3.63, 3.8) is 0 Å². The van der Waals surface area contributed by atoms with E-state index >= 15 is 0 Å². The molecule has 0 amide bonds. The van der Waals surface area contributed by atoms with Gasteiger partial charge in [-0.05, 0) is 36.8 Å². The van der Waals surface area contributed by atoms with Gasteiger partial charge < -0.3 is 5.73 Å². The van der Waals surface area contributed by atoms with Crippen molar-refractivity contribution in [2.24, 2.45) is 0 Å². The molecule has 1 aromatic carbocycles. The Morgan fingerprint density at radius 2 is 1.43 bits per heavy atom. The number of hydrogen-bond acceptors (Lipinski definition) is 2. The Hall–Kier alpha value is -0.630. The SMILES string of the molecule is CCCCCCCCCCCCSc1cccc(N)c1C. The number of rotatable bonds is 12. The average molecular weight is 308 g/mol. The predicted molar refractivity (Wildman–Crippen MR) is 98.2 cm³/mol. The number of nitrogens with two attached hydrogens (primary N) is 1. The molecule has 2 heteroatoms. The zero-order valence-corrected chi connectivity index (χ0v) is 14.8. The average Bonchev–Trinajstić information content (AvgIpc) is 2.49. The van der Waals surface area contributed by atoms with Crippen LogP contribution < -0.4 is 5.73 Å². The van der Waals surface area contributed by atoms with Crippen LogP contribution in [-0.4, -0.2) is 5.75 Å². The summed E-state index contributed by atoms with van der Waals surface area (Å²) in [4.78, 5) is 1.35. The second kappa shape index (κ2) is 12.0. The largest absolute Gasteiger partial charge is 0.398 e. The third-order valence-corrected chi connectivity index (χ3v) is 5.33. The molecular weight excluding hydrogens is 274 g/mol. The van der Waals surface area contributed by atoms with E-state index < -0.39 is 0 Å². The van der Waals surface area contributed by atoms with E-state index in [1.165, 1.54) is 80.4 Å². The molecule has 0 saturated carbocycles. The van der Waals surface area contributed by atoms with Gasteiger partial charge in [0.1, 0.15) is 0 Å². The molecule has 1 aromatic rings. The summed E-state index contributed by atoms with van der Waals surface area (Å²) in [5.41, 5.74) is 8.10. The maximum Gasteiger partial charge on any atom is 0.0354 e. The van der Waals surface area contributed by atoms with Crippen molar-refractivity contribution in [3.05, 3.63) is 23.8 Å². The summed E-state index contributed by atoms with van der Waals surface area (Å²) >= 11 is 1.96. The number of unbranched alkanes of at least 4 members (excludes halogenated alkanes) is 9. The molecule has 0 radical (unpaired) electrons. The first kappa shape index (κ1) is 18.4. The van der Waals surface area contributed by atoms with E-state index in [9.17, 15) is 0 Å². The van der Waals surface area contributed by atoms with E-state index in [4.69, 9.17) is 5.73 Å². The summed E-state index contributed by atoms with van der Waals surface area (Å²) < 4.78 is 0. The molecule has 21 heavy (non-hydrogen) atoms. The summed E-state index contributed by atoms with van der Waals surface area (Å²) in [6.45, 7) is 4.40. The van der Waals surface area contributed by atoms with Crippen molar-refractivity contribution >= 4 is 17.4 Å². The summed E-state index contributed by atoms with van der Waals surface area (Å²) in [5.74, 6) is 1.22. The van der Waals surface area contributed by atoms with E-state index in [1.807, 2.05) is 17.8 Å². The minimum absolute atomic E-state index is 0.920. The van der Waals surface area contributed by atoms with Crippen LogP contribution in [0.4, 0.5) is 5.69 Å². The van der Waals surface area contributed by atoms with Crippen LogP contribution in [0.1, 0.15) is 76.7 Å². The highest BCUT2D eigenvalue weighted by atomic mass is 32.2. The quantitative estimate of drug-likeness (QED) is 0.268. The van der Waals surface area contributed by atoms with E-state index in [0.717, 1.165) is 5.69 Å². The second-order valence-corrected chi connectivity index (χ2v) is 7.14. The number of anilines is 1. The minimum Gasteiger partial charge on any atom is -0.398 e. The zero-order valence-electron chi connectivity index (χ0n) is 14.0. The number of hydrogen-bond donors (Lipinski definition) is 1. The molecular formula is C19H33NS. The first-order valence-electron chi connectivity index (χ1n) is 8.73. The fraction of sp³-hybridized carbons (Fsp3) is 0.684. The molecule has 0 bridgehead atoms. The van der Waals surface area contributed by atoms with E-state index in [0.29, 0.717) is 0 Å². The third kappa shape index (κ3) is 8.40. The van der Waals surface area contributed by atoms with Gasteiger partial charge in [-0.2, -0.15) is 0 Å². The molecule has 0 heterocycles. The molecule has 1 rings (SSSR count). The zero-order chi connectivity index (χ0) is 15.3. The van der Waals surface area contributed by atoms with Crippen molar-refractivity contribution in [1.82, 2.24) is 0 Å². The fourth-order valence-corrected chi connectivity index (χ4v) is 3.64. The molecule has 0 aliphatic rings. The van der Waals surface area contributed by atoms with Crippen LogP contribution in [0, 0.1) is 6.92 Å². The lowest BCUT2D eigenvalue weighted by Gasteiger charge is -2.07. The van der Waals surface area contributed by atoms with Crippen LogP contribution in [0.5, 0.6) is 0 Å². The fourth-order valence-electron chi connectivity index (χ4n) is 2.56. The molecule has 0 fully saturated rings. The molecule has 0 spiro atoms. The number of benzene rings is 1. The van der Waals surface area contributed by atoms with Gasteiger partial charge in [-0.15, -0.1) is 11.8 Å². The monoisotopic (exact) mass is 307 g/mol. The van der Waals surface area contributed by atoms with Crippen molar-refractivity contribution < 1.29 is 0 Å². The van der Waals surface area contributed by atoms with Crippen molar-refractivity contribution in [2.75, 3.05) is 11.5 Å². The van der Waals surface area contributed by atoms with Crippen molar-refractivity contribution in [1.29, 1.82) is 0 Å². The Balaban J connectivity index is 1.94. The van der Waals surface area contributed by atoms with Crippen LogP contribution >= 0.6 is 11.8 Å². The highest BCUT2D eigenvalue weighted by Gasteiger charge is 2.01. The van der Waals surface area contributed by atoms with Gasteiger partial charge in [0.15, 0.2) is 0 Å². The van der Waals surface area contributed by atoms with Crippen molar-refractivity contribution in [3.8, 4) is 0 Å². The molecule has 0 unspecified atom stereocenters. The Bertz CT molecular complexity index is 376. The summed E-state index contributed by atoms with van der Waals surface area (Å²) in [6, 6.07) is 6.23. The number of nitrogen functional groups attached to an aromatic ring is 1. The number of thioether (sulfide) groups is 1. The predicted octanol–water partition coefficient (Wildman–Crippen LogP) is 6.59. The first-order chi connectivity index (χ1) is 10.3. The molecule has 2 N–H and O–H groups in total. The summed E-state index contributed by atoms with van der Waals surface area (Å²) in [6.07, 6.45) is 14.1. The molecule has 1 nitrogen and oxygen atoms in total. The maximum absolute atomic E-state index is 5.94. The minimum atomic E-state index is 0.920. The van der Waals surface area contributed by atoms with Gasteiger partial charge in [0.05, 0.1) is 0 Å². The molecule has 0 saturated heterocycles. The first-order valence-corrected chi connectivity index (χ1v) is 9.72. The van der Waals surface area contributed by atoms with Gasteiger partial charge in [0.25, 0.3) is 0 Å². The van der Waals surface area contributed by atoms with Gasteiger partial charge in [-0.1, -0.05) is 70.8 Å². The van der Waals surface area contributed by atoms with Crippen LogP contribution in [-0.2, 0) is 0 Å². The molecule has 0 atom stereocenters. The molecule has 0 aliphatic heterocycles. The maximum atomic E-state index is 5.94. The van der Waals surface area contributed by atoms with Crippen LogP contribution in [0.2, 0.25) is 0 Å². The molecule has 0 aliphatic carbocycles. The normalized spacial score (nSPS) is 11.0. The third-order valence-electron chi connectivity index (χ3n) is 4.08. The lowest BCUT2D eigenvalue weighted by molar-refractivity contribution is 0.563. The van der Waals surface area contributed by atoms with E-state index in [2.05, 4.69) is 26.0 Å². The van der Waals surface area contributed by atoms with Crippen molar-refractivity contribution in [2.45, 2.75) is 83.0 Å². The van der Waals surface area contributed by atoms with Gasteiger partial charge in [0.2, 0.25) is 0 Å². The second-order valence-electron chi connectivity index (χ2n) is 6.00. The van der Waals surface area contributed by atoms with Crippen LogP contribution in [0.25, 0.3) is 0 Å². The Morgan fingerprint density at radius 1 is 0.857 bits per heavy atom. The molecule has 120 valence electrons. The Labute approximate surface area is 136 Å². The smallest absolute Gasteiger partial charge is 0.0354 e. The van der Waals surface area contributed by atoms with E-state index in [-0.39, 0.29) is 0 Å². The topological polar surface area (TPSA) is 26.0 Å². The van der Waals surface area contributed by atoms with Gasteiger partial charge in [-0.3, -0.25) is 0 Å². The van der Waals surface area contributed by atoms with E-state index in [1.54, 1.807) is 0 Å². The Morgan fingerprint density at radius 3 is 2.05 bits per heavy atom. The van der Waals surface area contributed by atoms with Crippen LogP contribution in [0.15, 0.2) is 23.1 Å². The molecule has 0 aromatic heterocycles. The lowest BCUT2D eigenvalue weighted by Crippen LogP contribution is -1.91. The standard InChI is InChI=1S/C19H33NS/c1-3-4-5-6-7-8-9-10-11-12-16-21-19-15-13-14-18(20)17(19)2/h13-15H,3-12,16,20H2,1-2H3. The van der Waals surface area contributed by atoms with Crippen LogP contribution in [0.3, 0.4) is 0 Å².